The smallest absolute Gasteiger partial charge is 0.305 e. The fraction of sp³-hybridized carbons (Fsp3) is 0.243. The number of carboxylic acids is 1. The largest absolute Gasteiger partial charge is 0.481 e. The van der Waals surface area contributed by atoms with Gasteiger partial charge in [-0.3, -0.25) is 9.59 Å². The van der Waals surface area contributed by atoms with Gasteiger partial charge < -0.3 is 30.5 Å². The van der Waals surface area contributed by atoms with Crippen LogP contribution in [0.2, 0.25) is 0 Å². The maximum Gasteiger partial charge on any atom is 0.305 e. The van der Waals surface area contributed by atoms with Crippen molar-refractivity contribution in [3.05, 3.63) is 114 Å². The summed E-state index contributed by atoms with van der Waals surface area (Å²) in [7, 11) is 0. The quantitative estimate of drug-likeness (QED) is 0.0876. The Morgan fingerprint density at radius 2 is 1.52 bits per heavy atom. The molecule has 11 heteroatoms. The zero-order valence-corrected chi connectivity index (χ0v) is 26.7. The van der Waals surface area contributed by atoms with Crippen molar-refractivity contribution in [1.82, 2.24) is 14.5 Å². The summed E-state index contributed by atoms with van der Waals surface area (Å²) in [5.41, 5.74) is 4.52. The fourth-order valence-corrected chi connectivity index (χ4v) is 5.78. The minimum absolute atomic E-state index is 0.134. The van der Waals surface area contributed by atoms with E-state index in [0.717, 1.165) is 5.69 Å². The molecule has 2 aromatic heterocycles. The van der Waals surface area contributed by atoms with Gasteiger partial charge in [0.1, 0.15) is 5.82 Å². The molecule has 5 N–H and O–H groups in total. The summed E-state index contributed by atoms with van der Waals surface area (Å²) < 4.78 is 16.2. The standard InChI is InChI=1S/C37H38FN5O5/c1-23(2)34-33(36(48)40-26-9-5-3-6-10-26)32(30-17-19-39-37(42-30)41-27-11-7-4-8-12-27)35(24-13-15-25(38)16-14-24)43(34)20-18-28(44)21-29(45)22-31(46)47/h3-17,19,23,28-29,44-45H,18,20-22H2,1-2H3,(H,40,48)(H,46,47)(H,39,41,42). The number of amides is 1. The van der Waals surface area contributed by atoms with E-state index in [9.17, 15) is 24.2 Å². The first-order chi connectivity index (χ1) is 23.1. The molecule has 1 amide bonds. The van der Waals surface area contributed by atoms with E-state index in [-0.39, 0.29) is 31.2 Å². The van der Waals surface area contributed by atoms with E-state index in [1.165, 1.54) is 12.1 Å². The maximum atomic E-state index is 14.4. The van der Waals surface area contributed by atoms with Crippen LogP contribution in [-0.2, 0) is 11.3 Å². The molecule has 0 spiro atoms. The molecule has 0 saturated carbocycles. The van der Waals surface area contributed by atoms with Gasteiger partial charge in [0.2, 0.25) is 5.95 Å². The van der Waals surface area contributed by atoms with E-state index in [2.05, 4.69) is 15.6 Å². The van der Waals surface area contributed by atoms with Gasteiger partial charge in [-0.2, -0.15) is 0 Å². The van der Waals surface area contributed by atoms with Crippen LogP contribution in [0.1, 0.15) is 55.1 Å². The topological polar surface area (TPSA) is 150 Å². The average molecular weight is 652 g/mol. The highest BCUT2D eigenvalue weighted by molar-refractivity contribution is 6.12. The lowest BCUT2D eigenvalue weighted by molar-refractivity contribution is -0.139. The van der Waals surface area contributed by atoms with Crippen molar-refractivity contribution in [2.45, 2.75) is 57.8 Å². The van der Waals surface area contributed by atoms with E-state index in [4.69, 9.17) is 10.1 Å². The van der Waals surface area contributed by atoms with Crippen molar-refractivity contribution in [3.63, 3.8) is 0 Å². The average Bonchev–Trinajstić information content (AvgIpc) is 3.40. The molecule has 0 aliphatic rings. The third-order valence-electron chi connectivity index (χ3n) is 7.81. The number of aromatic nitrogens is 3. The van der Waals surface area contributed by atoms with E-state index in [1.54, 1.807) is 36.5 Å². The summed E-state index contributed by atoms with van der Waals surface area (Å²) in [4.78, 5) is 34.7. The maximum absolute atomic E-state index is 14.4. The zero-order chi connectivity index (χ0) is 34.2. The van der Waals surface area contributed by atoms with Crippen LogP contribution in [-0.4, -0.2) is 53.9 Å². The number of para-hydroxylation sites is 2. The number of carboxylic acid groups (broad SMARTS) is 1. The molecule has 0 radical (unpaired) electrons. The van der Waals surface area contributed by atoms with Crippen LogP contribution in [0.3, 0.4) is 0 Å². The number of carbonyl (C=O) groups is 2. The number of hydrogen-bond donors (Lipinski definition) is 5. The highest BCUT2D eigenvalue weighted by Crippen LogP contribution is 2.42. The van der Waals surface area contributed by atoms with Gasteiger partial charge in [-0.15, -0.1) is 0 Å². The molecule has 48 heavy (non-hydrogen) atoms. The van der Waals surface area contributed by atoms with Crippen molar-refractivity contribution < 1.29 is 29.3 Å². The molecule has 3 aromatic carbocycles. The number of rotatable bonds is 14. The summed E-state index contributed by atoms with van der Waals surface area (Å²) >= 11 is 0. The van der Waals surface area contributed by atoms with E-state index < -0.39 is 30.4 Å². The number of aliphatic carboxylic acids is 1. The van der Waals surface area contributed by atoms with Gasteiger partial charge in [0.15, 0.2) is 0 Å². The number of nitrogens with one attached hydrogen (secondary N) is 2. The molecule has 0 aliphatic carbocycles. The molecule has 5 rings (SSSR count). The number of nitrogens with zero attached hydrogens (tertiary/aromatic N) is 3. The molecular formula is C37H38FN5O5. The first kappa shape index (κ1) is 34.0. The molecule has 2 heterocycles. The predicted octanol–water partition coefficient (Wildman–Crippen LogP) is 6.85. The lowest BCUT2D eigenvalue weighted by atomic mass is 9.97. The molecule has 5 aromatic rings. The Morgan fingerprint density at radius 1 is 0.875 bits per heavy atom. The van der Waals surface area contributed by atoms with Crippen molar-refractivity contribution in [2.75, 3.05) is 10.6 Å². The van der Waals surface area contributed by atoms with Crippen molar-refractivity contribution >= 4 is 29.2 Å². The third-order valence-corrected chi connectivity index (χ3v) is 7.81. The molecule has 0 bridgehead atoms. The molecule has 0 fully saturated rings. The van der Waals surface area contributed by atoms with E-state index >= 15 is 0 Å². The summed E-state index contributed by atoms with van der Waals surface area (Å²) in [5, 5.41) is 36.3. The fourth-order valence-electron chi connectivity index (χ4n) is 5.78. The number of benzene rings is 3. The molecule has 0 aliphatic heterocycles. The first-order valence-corrected chi connectivity index (χ1v) is 15.7. The van der Waals surface area contributed by atoms with Crippen LogP contribution >= 0.6 is 0 Å². The van der Waals surface area contributed by atoms with Gasteiger partial charge in [0.05, 0.1) is 35.6 Å². The zero-order valence-electron chi connectivity index (χ0n) is 26.7. The van der Waals surface area contributed by atoms with Crippen LogP contribution in [0.4, 0.5) is 21.7 Å². The highest BCUT2D eigenvalue weighted by atomic mass is 19.1. The second kappa shape index (κ2) is 15.5. The lowest BCUT2D eigenvalue weighted by Gasteiger charge is -2.20. The van der Waals surface area contributed by atoms with Gasteiger partial charge >= 0.3 is 5.97 Å². The highest BCUT2D eigenvalue weighted by Gasteiger charge is 2.32. The normalized spacial score (nSPS) is 12.5. The second-order valence-electron chi connectivity index (χ2n) is 11.8. The predicted molar refractivity (Wildman–Crippen MR) is 183 cm³/mol. The summed E-state index contributed by atoms with van der Waals surface area (Å²) in [6.07, 6.45) is -1.13. The summed E-state index contributed by atoms with van der Waals surface area (Å²) in [6, 6.07) is 26.1. The minimum atomic E-state index is -1.22. The van der Waals surface area contributed by atoms with Crippen LogP contribution in [0.25, 0.3) is 22.5 Å². The minimum Gasteiger partial charge on any atom is -0.481 e. The Labute approximate surface area is 278 Å². The number of carbonyl (C=O) groups excluding carboxylic acids is 1. The first-order valence-electron chi connectivity index (χ1n) is 15.7. The van der Waals surface area contributed by atoms with Gasteiger partial charge in [0, 0.05) is 35.4 Å². The molecule has 10 nitrogen and oxygen atoms in total. The Balaban J connectivity index is 1.70. The molecule has 2 atom stereocenters. The Bertz CT molecular complexity index is 1850. The third kappa shape index (κ3) is 8.30. The second-order valence-corrected chi connectivity index (χ2v) is 11.8. The lowest BCUT2D eigenvalue weighted by Crippen LogP contribution is -2.22. The summed E-state index contributed by atoms with van der Waals surface area (Å²) in [5.74, 6) is -1.86. The summed E-state index contributed by atoms with van der Waals surface area (Å²) in [6.45, 7) is 4.12. The Kier molecular flexibility index (Phi) is 10.9. The van der Waals surface area contributed by atoms with Crippen molar-refractivity contribution in [2.24, 2.45) is 0 Å². The van der Waals surface area contributed by atoms with E-state index in [0.29, 0.717) is 45.4 Å². The number of hydrogen-bond acceptors (Lipinski definition) is 7. The van der Waals surface area contributed by atoms with Gasteiger partial charge in [-0.25, -0.2) is 14.4 Å². The van der Waals surface area contributed by atoms with Gasteiger partial charge in [-0.05, 0) is 78.9 Å². The molecule has 248 valence electrons. The Hall–Kier alpha value is -5.39. The van der Waals surface area contributed by atoms with Crippen LogP contribution in [0.5, 0.6) is 0 Å². The number of aliphatic hydroxyl groups is 2. The number of aliphatic hydroxyl groups excluding tert-OH is 2. The van der Waals surface area contributed by atoms with Crippen LogP contribution < -0.4 is 10.6 Å². The number of halogens is 1. The van der Waals surface area contributed by atoms with Crippen molar-refractivity contribution in [3.8, 4) is 22.5 Å². The SMILES string of the molecule is CC(C)c1c(C(=O)Nc2ccccc2)c(-c2ccnc(Nc3ccccc3)n2)c(-c2ccc(F)cc2)n1CCC(O)CC(O)CC(=O)O. The van der Waals surface area contributed by atoms with Gasteiger partial charge in [0.25, 0.3) is 5.91 Å². The Morgan fingerprint density at radius 3 is 2.15 bits per heavy atom. The monoisotopic (exact) mass is 651 g/mol. The molecule has 0 saturated heterocycles. The van der Waals surface area contributed by atoms with E-state index in [1.807, 2.05) is 66.9 Å². The number of anilines is 3. The van der Waals surface area contributed by atoms with Crippen LogP contribution in [0.15, 0.2) is 97.2 Å². The van der Waals surface area contributed by atoms with Crippen LogP contribution in [0, 0.1) is 5.82 Å². The van der Waals surface area contributed by atoms with Crippen molar-refractivity contribution in [1.29, 1.82) is 0 Å². The van der Waals surface area contributed by atoms with Gasteiger partial charge in [-0.1, -0.05) is 50.2 Å². The molecular weight excluding hydrogens is 613 g/mol. The molecule has 2 unspecified atom stereocenters.